The number of hydrogen-bond acceptors (Lipinski definition) is 5. The van der Waals surface area contributed by atoms with E-state index in [9.17, 15) is 13.2 Å². The third kappa shape index (κ3) is 3.79. The van der Waals surface area contributed by atoms with Crippen molar-refractivity contribution in [3.05, 3.63) is 0 Å². The molecule has 0 saturated carbocycles. The molecule has 0 aromatic carbocycles. The number of nitrogens with one attached hydrogen (secondary N) is 1. The van der Waals surface area contributed by atoms with Gasteiger partial charge in [0.1, 0.15) is 0 Å². The summed E-state index contributed by atoms with van der Waals surface area (Å²) in [5, 5.41) is 0. The molecule has 0 spiro atoms. The molecular formula is C9H17N3O4S2. The molecule has 9 heteroatoms. The van der Waals surface area contributed by atoms with Crippen molar-refractivity contribution in [1.82, 2.24) is 9.03 Å². The van der Waals surface area contributed by atoms with Crippen molar-refractivity contribution in [3.8, 4) is 0 Å². The highest BCUT2D eigenvalue weighted by atomic mass is 32.2. The molecule has 7 nitrogen and oxygen atoms in total. The first-order chi connectivity index (χ1) is 8.38. The van der Waals surface area contributed by atoms with E-state index in [4.69, 9.17) is 18.0 Å². The SMILES string of the molecule is CCOC(=O)NS(=O)(=O)N1CCCCC1C(N)=S. The van der Waals surface area contributed by atoms with Gasteiger partial charge in [0.05, 0.1) is 17.6 Å². The molecule has 0 radical (unpaired) electrons. The van der Waals surface area contributed by atoms with Crippen LogP contribution in [0.2, 0.25) is 0 Å². The third-order valence-electron chi connectivity index (χ3n) is 2.58. The van der Waals surface area contributed by atoms with Gasteiger partial charge in [-0.25, -0.2) is 9.52 Å². The minimum absolute atomic E-state index is 0.0973. The number of nitrogens with two attached hydrogens (primary N) is 1. The number of carbonyl (C=O) groups excluding carboxylic acids is 1. The normalized spacial score (nSPS) is 21.3. The first kappa shape index (κ1) is 15.1. The molecule has 1 heterocycles. The van der Waals surface area contributed by atoms with Crippen molar-refractivity contribution in [2.24, 2.45) is 5.73 Å². The summed E-state index contributed by atoms with van der Waals surface area (Å²) < 4.78 is 31.5. The molecule has 1 aliphatic heterocycles. The van der Waals surface area contributed by atoms with Crippen molar-refractivity contribution in [1.29, 1.82) is 0 Å². The highest BCUT2D eigenvalue weighted by molar-refractivity contribution is 7.87. The van der Waals surface area contributed by atoms with E-state index in [2.05, 4.69) is 4.74 Å². The Kier molecular flexibility index (Phi) is 5.29. The molecule has 1 saturated heterocycles. The van der Waals surface area contributed by atoms with Crippen molar-refractivity contribution >= 4 is 33.5 Å². The maximum absolute atomic E-state index is 12.0. The minimum Gasteiger partial charge on any atom is -0.449 e. The fourth-order valence-electron chi connectivity index (χ4n) is 1.80. The Morgan fingerprint density at radius 2 is 2.22 bits per heavy atom. The zero-order chi connectivity index (χ0) is 13.8. The first-order valence-corrected chi connectivity index (χ1v) is 7.49. The average Bonchev–Trinajstić information content (AvgIpc) is 2.28. The molecule has 1 unspecified atom stereocenters. The highest BCUT2D eigenvalue weighted by Crippen LogP contribution is 2.20. The van der Waals surface area contributed by atoms with E-state index in [0.717, 1.165) is 10.7 Å². The van der Waals surface area contributed by atoms with Gasteiger partial charge in [0.25, 0.3) is 0 Å². The van der Waals surface area contributed by atoms with Crippen LogP contribution in [0.15, 0.2) is 0 Å². The van der Waals surface area contributed by atoms with Gasteiger partial charge in [0, 0.05) is 6.54 Å². The van der Waals surface area contributed by atoms with Crippen molar-refractivity contribution in [2.75, 3.05) is 13.2 Å². The van der Waals surface area contributed by atoms with E-state index in [-0.39, 0.29) is 18.1 Å². The van der Waals surface area contributed by atoms with E-state index in [1.54, 1.807) is 6.92 Å². The lowest BCUT2D eigenvalue weighted by Crippen LogP contribution is -2.54. The molecule has 1 amide bonds. The summed E-state index contributed by atoms with van der Waals surface area (Å²) in [6.45, 7) is 1.97. The largest absolute Gasteiger partial charge is 0.449 e. The number of thiocarbonyl (C=S) groups is 1. The summed E-state index contributed by atoms with van der Waals surface area (Å²) in [7, 11) is -3.96. The Morgan fingerprint density at radius 1 is 1.56 bits per heavy atom. The van der Waals surface area contributed by atoms with E-state index < -0.39 is 22.3 Å². The van der Waals surface area contributed by atoms with Gasteiger partial charge in [-0.05, 0) is 19.8 Å². The Balaban J connectivity index is 2.81. The zero-order valence-electron chi connectivity index (χ0n) is 10.1. The fourth-order valence-corrected chi connectivity index (χ4v) is 3.42. The van der Waals surface area contributed by atoms with Crippen LogP contribution in [-0.4, -0.2) is 43.0 Å². The molecule has 3 N–H and O–H groups in total. The fraction of sp³-hybridized carbons (Fsp3) is 0.778. The smallest absolute Gasteiger partial charge is 0.421 e. The standard InChI is InChI=1S/C9H17N3O4S2/c1-2-16-9(13)11-18(14,15)12-6-4-3-5-7(12)8(10)17/h7H,2-6H2,1H3,(H2,10,17)(H,11,13). The monoisotopic (exact) mass is 295 g/mol. The Labute approximate surface area is 112 Å². The molecule has 0 aromatic rings. The summed E-state index contributed by atoms with van der Waals surface area (Å²) in [5.74, 6) is 0. The molecule has 1 fully saturated rings. The van der Waals surface area contributed by atoms with E-state index in [1.807, 2.05) is 4.72 Å². The molecule has 0 bridgehead atoms. The second kappa shape index (κ2) is 6.30. The van der Waals surface area contributed by atoms with Crippen LogP contribution in [0.25, 0.3) is 0 Å². The average molecular weight is 295 g/mol. The van der Waals surface area contributed by atoms with Crippen molar-refractivity contribution < 1.29 is 17.9 Å². The Bertz CT molecular complexity index is 424. The van der Waals surface area contributed by atoms with Gasteiger partial charge in [0.2, 0.25) is 0 Å². The number of piperidine rings is 1. The number of hydrogen-bond donors (Lipinski definition) is 2. The number of ether oxygens (including phenoxy) is 1. The van der Waals surface area contributed by atoms with Gasteiger partial charge in [-0.1, -0.05) is 18.6 Å². The topological polar surface area (TPSA) is 102 Å². The van der Waals surface area contributed by atoms with Gasteiger partial charge in [-0.2, -0.15) is 12.7 Å². The van der Waals surface area contributed by atoms with Gasteiger partial charge in [0.15, 0.2) is 0 Å². The summed E-state index contributed by atoms with van der Waals surface area (Å²) in [6, 6.07) is -0.541. The predicted octanol–water partition coefficient (Wildman–Crippen LogP) is 0.118. The van der Waals surface area contributed by atoms with Gasteiger partial charge in [-0.3, -0.25) is 0 Å². The number of nitrogens with zero attached hydrogens (tertiary/aromatic N) is 1. The Morgan fingerprint density at radius 3 is 2.78 bits per heavy atom. The molecule has 1 rings (SSSR count). The maximum atomic E-state index is 12.0. The van der Waals surface area contributed by atoms with Crippen molar-refractivity contribution in [2.45, 2.75) is 32.2 Å². The quantitative estimate of drug-likeness (QED) is 0.714. The van der Waals surface area contributed by atoms with Gasteiger partial charge < -0.3 is 10.5 Å². The number of rotatable bonds is 4. The van der Waals surface area contributed by atoms with Crippen LogP contribution in [0.1, 0.15) is 26.2 Å². The van der Waals surface area contributed by atoms with Crippen molar-refractivity contribution in [3.63, 3.8) is 0 Å². The molecule has 104 valence electrons. The van der Waals surface area contributed by atoms with Gasteiger partial charge in [-0.15, -0.1) is 0 Å². The lowest BCUT2D eigenvalue weighted by atomic mass is 10.1. The number of amides is 1. The highest BCUT2D eigenvalue weighted by Gasteiger charge is 2.35. The molecule has 1 aliphatic rings. The number of carbonyl (C=O) groups is 1. The van der Waals surface area contributed by atoms with Crippen LogP contribution in [0, 0.1) is 0 Å². The summed E-state index contributed by atoms with van der Waals surface area (Å²) in [6.07, 6.45) is 1.14. The third-order valence-corrected chi connectivity index (χ3v) is 4.33. The lowest BCUT2D eigenvalue weighted by molar-refractivity contribution is 0.157. The van der Waals surface area contributed by atoms with E-state index >= 15 is 0 Å². The second-order valence-corrected chi connectivity index (χ2v) is 5.95. The molecule has 0 aliphatic carbocycles. The van der Waals surface area contributed by atoms with Gasteiger partial charge >= 0.3 is 16.3 Å². The molecule has 0 aromatic heterocycles. The summed E-state index contributed by atoms with van der Waals surface area (Å²) >= 11 is 4.85. The zero-order valence-corrected chi connectivity index (χ0v) is 11.7. The predicted molar refractivity (Wildman–Crippen MR) is 70.2 cm³/mol. The minimum atomic E-state index is -3.96. The van der Waals surface area contributed by atoms with Crippen LogP contribution in [0.5, 0.6) is 0 Å². The first-order valence-electron chi connectivity index (χ1n) is 5.64. The summed E-state index contributed by atoms with van der Waals surface area (Å²) in [5.41, 5.74) is 5.53. The van der Waals surface area contributed by atoms with Crippen LogP contribution in [0.3, 0.4) is 0 Å². The maximum Gasteiger partial charge on any atom is 0.421 e. The van der Waals surface area contributed by atoms with E-state index in [1.165, 1.54) is 0 Å². The van der Waals surface area contributed by atoms with Crippen LogP contribution < -0.4 is 10.5 Å². The second-order valence-electron chi connectivity index (χ2n) is 3.85. The lowest BCUT2D eigenvalue weighted by Gasteiger charge is -2.33. The van der Waals surface area contributed by atoms with Crippen LogP contribution in [0.4, 0.5) is 4.79 Å². The van der Waals surface area contributed by atoms with Crippen LogP contribution in [-0.2, 0) is 14.9 Å². The molecule has 1 atom stereocenters. The summed E-state index contributed by atoms with van der Waals surface area (Å²) in [4.78, 5) is 11.3. The molecule has 18 heavy (non-hydrogen) atoms. The Hall–Kier alpha value is -0.930. The van der Waals surface area contributed by atoms with E-state index in [0.29, 0.717) is 12.8 Å². The molecular weight excluding hydrogens is 278 g/mol. The van der Waals surface area contributed by atoms with Crippen LogP contribution >= 0.6 is 12.2 Å².